The maximum absolute atomic E-state index is 11.2. The summed E-state index contributed by atoms with van der Waals surface area (Å²) in [5.41, 5.74) is -2.88. The van der Waals surface area contributed by atoms with Gasteiger partial charge in [-0.25, -0.2) is 4.89 Å². The second kappa shape index (κ2) is 9.85. The molecule has 9 heteroatoms. The number of alkyl halides is 3. The molecule has 0 unspecified atom stereocenters. The van der Waals surface area contributed by atoms with Crippen LogP contribution in [-0.2, 0) is 19.3 Å². The zero-order chi connectivity index (χ0) is 16.6. The molecular weight excluding hydrogens is 448 g/mol. The van der Waals surface area contributed by atoms with Crippen LogP contribution in [0.25, 0.3) is 11.1 Å². The van der Waals surface area contributed by atoms with E-state index in [-0.39, 0.29) is 24.0 Å². The van der Waals surface area contributed by atoms with Gasteiger partial charge in [-0.05, 0) is 11.1 Å². The molecule has 0 aliphatic rings. The minimum atomic E-state index is -5.57. The van der Waals surface area contributed by atoms with E-state index in [1.807, 2.05) is 12.1 Å². The summed E-state index contributed by atoms with van der Waals surface area (Å²) in [4.78, 5) is 3.33. The van der Waals surface area contributed by atoms with Gasteiger partial charge in [0.15, 0.2) is 0 Å². The van der Waals surface area contributed by atoms with Crippen LogP contribution in [0.1, 0.15) is 0 Å². The molecule has 128 valence electrons. The third kappa shape index (κ3) is 7.29. The summed E-state index contributed by atoms with van der Waals surface area (Å²) in [5.74, 6) is 0. The van der Waals surface area contributed by atoms with Gasteiger partial charge in [0.2, 0.25) is 0 Å². The van der Waals surface area contributed by atoms with Crippen LogP contribution in [0, 0.1) is 0 Å². The number of benzene rings is 2. The summed E-state index contributed by atoms with van der Waals surface area (Å²) < 4.78 is 56.2. The van der Waals surface area contributed by atoms with Crippen LogP contribution >= 0.6 is 24.0 Å². The average Bonchev–Trinajstić information content (AvgIpc) is 2.49. The minimum absolute atomic E-state index is 0. The lowest BCUT2D eigenvalue weighted by atomic mass is 10.1. The molecule has 0 bridgehead atoms. The maximum Gasteiger partial charge on any atom is 0.525 e. The molecule has 4 nitrogen and oxygen atoms in total. The Balaban J connectivity index is 0.000000412. The van der Waals surface area contributed by atoms with Gasteiger partial charge < -0.3 is 0 Å². The lowest BCUT2D eigenvalue weighted by molar-refractivity contribution is -0.189. The van der Waals surface area contributed by atoms with Crippen molar-refractivity contribution in [2.45, 2.75) is 5.51 Å². The number of hydrogen-bond acceptors (Lipinski definition) is 4. The maximum atomic E-state index is 11.2. The minimum Gasteiger partial charge on any atom is -0.223 e. The molecule has 0 aromatic heterocycles. The third-order valence-corrected chi connectivity index (χ3v) is 3.20. The van der Waals surface area contributed by atoms with Gasteiger partial charge in [-0.1, -0.05) is 60.7 Å². The number of halogens is 4. The zero-order valence-electron chi connectivity index (χ0n) is 11.9. The van der Waals surface area contributed by atoms with Crippen molar-refractivity contribution in [1.82, 2.24) is 0 Å². The van der Waals surface area contributed by atoms with Crippen molar-refractivity contribution in [3.8, 4) is 11.1 Å². The van der Waals surface area contributed by atoms with E-state index >= 15 is 0 Å². The van der Waals surface area contributed by atoms with Crippen LogP contribution in [0.5, 0.6) is 0 Å². The highest BCUT2D eigenvalue weighted by Crippen LogP contribution is 2.24. The van der Waals surface area contributed by atoms with Gasteiger partial charge in [0, 0.05) is 0 Å². The van der Waals surface area contributed by atoms with Gasteiger partial charge >= 0.3 is 15.6 Å². The summed E-state index contributed by atoms with van der Waals surface area (Å²) in [7, 11) is -4.91. The van der Waals surface area contributed by atoms with Crippen molar-refractivity contribution >= 4 is 34.1 Å². The molecule has 0 spiro atoms. The van der Waals surface area contributed by atoms with Crippen LogP contribution < -0.4 is 0 Å². The molecule has 0 atom stereocenters. The first kappa shape index (κ1) is 21.8. The highest BCUT2D eigenvalue weighted by molar-refractivity contribution is 14.0. The quantitative estimate of drug-likeness (QED) is 0.294. The van der Waals surface area contributed by atoms with Crippen molar-refractivity contribution in [2.24, 2.45) is 0 Å². The normalized spacial score (nSPS) is 11.0. The van der Waals surface area contributed by atoms with Crippen LogP contribution in [0.4, 0.5) is 13.2 Å². The molecule has 0 radical (unpaired) electrons. The van der Waals surface area contributed by atoms with E-state index in [9.17, 15) is 21.6 Å². The van der Waals surface area contributed by atoms with E-state index < -0.39 is 15.6 Å². The molecule has 0 aliphatic carbocycles. The lowest BCUT2D eigenvalue weighted by Crippen LogP contribution is -2.25. The topological polar surface area (TPSA) is 52.6 Å². The van der Waals surface area contributed by atoms with Gasteiger partial charge in [-0.15, -0.1) is 28.3 Å². The van der Waals surface area contributed by atoms with E-state index in [0.717, 1.165) is 0 Å². The molecule has 0 aliphatic heterocycles. The van der Waals surface area contributed by atoms with Gasteiger partial charge in [-0.2, -0.15) is 21.6 Å². The Hall–Kier alpha value is -1.17. The van der Waals surface area contributed by atoms with Gasteiger partial charge in [0.05, 0.1) is 7.11 Å². The molecule has 2 aromatic carbocycles. The first-order chi connectivity index (χ1) is 10.3. The van der Waals surface area contributed by atoms with Gasteiger partial charge in [0.1, 0.15) is 0 Å². The Bertz CT molecular complexity index is 624. The van der Waals surface area contributed by atoms with Crippen molar-refractivity contribution < 1.29 is 30.8 Å². The molecule has 0 saturated carbocycles. The van der Waals surface area contributed by atoms with Crippen LogP contribution in [0.2, 0.25) is 0 Å². The summed E-state index contributed by atoms with van der Waals surface area (Å²) in [6.45, 7) is 0. The standard InChI is InChI=1S/C12H10.C2H3F3O4S.HI/c1-3-7-11(8-4-1)12-9-5-2-6-10-12;1-8-9-10(6,7)2(3,4)5;/h1-10H;1H3;1H. The van der Waals surface area contributed by atoms with E-state index in [1.165, 1.54) is 11.1 Å². The molecule has 0 heterocycles. The Morgan fingerprint density at radius 1 is 0.826 bits per heavy atom. The summed E-state index contributed by atoms with van der Waals surface area (Å²) in [6, 6.07) is 20.8. The SMILES string of the molecule is COOS(=O)(=O)C(F)(F)F.I.c1ccc(-c2ccccc2)cc1. The van der Waals surface area contributed by atoms with Crippen LogP contribution in [-0.4, -0.2) is 21.0 Å². The largest absolute Gasteiger partial charge is 0.525 e. The van der Waals surface area contributed by atoms with Crippen molar-refractivity contribution in [1.29, 1.82) is 0 Å². The number of rotatable bonds is 3. The molecule has 0 fully saturated rings. The monoisotopic (exact) mass is 462 g/mol. The Morgan fingerprint density at radius 2 is 1.17 bits per heavy atom. The summed E-state index contributed by atoms with van der Waals surface area (Å²) in [6.07, 6.45) is 0. The fourth-order valence-corrected chi connectivity index (χ4v) is 1.65. The van der Waals surface area contributed by atoms with Crippen molar-refractivity contribution in [3.63, 3.8) is 0 Å². The molecule has 0 saturated heterocycles. The van der Waals surface area contributed by atoms with Crippen LogP contribution in [0.15, 0.2) is 60.7 Å². The fourth-order valence-electron chi connectivity index (χ4n) is 1.39. The molecule has 23 heavy (non-hydrogen) atoms. The first-order valence-corrected chi connectivity index (χ1v) is 7.33. The average molecular weight is 462 g/mol. The third-order valence-electron chi connectivity index (χ3n) is 2.32. The summed E-state index contributed by atoms with van der Waals surface area (Å²) >= 11 is 0. The highest BCUT2D eigenvalue weighted by Gasteiger charge is 2.48. The smallest absolute Gasteiger partial charge is 0.223 e. The Kier molecular flexibility index (Phi) is 9.35. The van der Waals surface area contributed by atoms with E-state index in [1.54, 1.807) is 0 Å². The van der Waals surface area contributed by atoms with E-state index in [2.05, 4.69) is 57.8 Å². The van der Waals surface area contributed by atoms with E-state index in [0.29, 0.717) is 7.11 Å². The number of hydrogen-bond donors (Lipinski definition) is 0. The molecule has 0 amide bonds. The predicted molar refractivity (Wildman–Crippen MR) is 90.4 cm³/mol. The Labute approximate surface area is 149 Å². The second-order valence-electron chi connectivity index (χ2n) is 3.87. The molecule has 2 aromatic rings. The Morgan fingerprint density at radius 3 is 1.39 bits per heavy atom. The summed E-state index contributed by atoms with van der Waals surface area (Å²) in [5, 5.41) is 0. The predicted octanol–water partition coefficient (Wildman–Crippen LogP) is 4.39. The second-order valence-corrected chi connectivity index (χ2v) is 5.37. The van der Waals surface area contributed by atoms with E-state index in [4.69, 9.17) is 0 Å². The molecule has 2 rings (SSSR count). The van der Waals surface area contributed by atoms with Gasteiger partial charge in [0.25, 0.3) is 0 Å². The highest BCUT2D eigenvalue weighted by atomic mass is 127. The lowest BCUT2D eigenvalue weighted by Gasteiger charge is -2.03. The van der Waals surface area contributed by atoms with Crippen LogP contribution in [0.3, 0.4) is 0 Å². The zero-order valence-corrected chi connectivity index (χ0v) is 15.0. The fraction of sp³-hybridized carbons (Fsp3) is 0.143. The first-order valence-electron chi connectivity index (χ1n) is 5.92. The van der Waals surface area contributed by atoms with Crippen molar-refractivity contribution in [2.75, 3.05) is 7.11 Å². The molecular formula is C14H14F3IO4S. The molecule has 0 N–H and O–H groups in total. The van der Waals surface area contributed by atoms with Crippen molar-refractivity contribution in [3.05, 3.63) is 60.7 Å². The van der Waals surface area contributed by atoms with Gasteiger partial charge in [-0.3, -0.25) is 0 Å².